The van der Waals surface area contributed by atoms with Crippen LogP contribution in [0.15, 0.2) is 29.6 Å². The third kappa shape index (κ3) is 2.49. The SMILES string of the molecule is O=C(c1csc2ccccc12)N1CCC(CCCl)C1. The largest absolute Gasteiger partial charge is 0.338 e. The van der Waals surface area contributed by atoms with E-state index in [9.17, 15) is 4.79 Å². The Hall–Kier alpha value is -1.06. The number of hydrogen-bond acceptors (Lipinski definition) is 2. The fourth-order valence-corrected chi connectivity index (χ4v) is 3.96. The molecule has 1 aliphatic heterocycles. The van der Waals surface area contributed by atoms with Gasteiger partial charge in [-0.05, 0) is 24.8 Å². The summed E-state index contributed by atoms with van der Waals surface area (Å²) in [5.41, 5.74) is 0.854. The van der Waals surface area contributed by atoms with Gasteiger partial charge in [0.1, 0.15) is 0 Å². The highest BCUT2D eigenvalue weighted by Gasteiger charge is 2.27. The van der Waals surface area contributed by atoms with E-state index in [1.54, 1.807) is 11.3 Å². The first kappa shape index (κ1) is 12.9. The Balaban J connectivity index is 1.81. The molecule has 1 aromatic heterocycles. The van der Waals surface area contributed by atoms with E-state index in [0.29, 0.717) is 11.8 Å². The summed E-state index contributed by atoms with van der Waals surface area (Å²) in [6.45, 7) is 1.72. The van der Waals surface area contributed by atoms with Gasteiger partial charge in [-0.3, -0.25) is 4.79 Å². The predicted octanol–water partition coefficient (Wildman–Crippen LogP) is 3.99. The number of benzene rings is 1. The minimum Gasteiger partial charge on any atom is -0.338 e. The van der Waals surface area contributed by atoms with E-state index in [2.05, 4.69) is 6.07 Å². The van der Waals surface area contributed by atoms with Crippen LogP contribution >= 0.6 is 22.9 Å². The van der Waals surface area contributed by atoms with Crippen molar-refractivity contribution in [2.24, 2.45) is 5.92 Å². The standard InChI is InChI=1S/C15H16ClNOS/c16-7-5-11-6-8-17(9-11)15(18)13-10-19-14-4-2-1-3-12(13)14/h1-4,10-11H,5-9H2. The van der Waals surface area contributed by atoms with E-state index < -0.39 is 0 Å². The van der Waals surface area contributed by atoms with Crippen molar-refractivity contribution in [3.05, 3.63) is 35.2 Å². The van der Waals surface area contributed by atoms with Gasteiger partial charge in [-0.1, -0.05) is 18.2 Å². The Labute approximate surface area is 122 Å². The monoisotopic (exact) mass is 293 g/mol. The molecule has 2 heterocycles. The second-order valence-electron chi connectivity index (χ2n) is 5.03. The molecule has 1 aliphatic rings. The van der Waals surface area contributed by atoms with Crippen LogP contribution in [0.5, 0.6) is 0 Å². The first-order valence-electron chi connectivity index (χ1n) is 6.61. The Morgan fingerprint density at radius 1 is 1.42 bits per heavy atom. The van der Waals surface area contributed by atoms with Gasteiger partial charge in [0.05, 0.1) is 5.56 Å². The molecule has 0 bridgehead atoms. The number of nitrogens with zero attached hydrogens (tertiary/aromatic N) is 1. The van der Waals surface area contributed by atoms with E-state index in [-0.39, 0.29) is 5.91 Å². The van der Waals surface area contributed by atoms with Gasteiger partial charge in [-0.25, -0.2) is 0 Å². The number of rotatable bonds is 3. The highest BCUT2D eigenvalue weighted by Crippen LogP contribution is 2.29. The number of hydrogen-bond donors (Lipinski definition) is 0. The van der Waals surface area contributed by atoms with Crippen LogP contribution in [-0.2, 0) is 0 Å². The number of likely N-dealkylation sites (tertiary alicyclic amines) is 1. The molecule has 0 radical (unpaired) electrons. The maximum absolute atomic E-state index is 12.6. The minimum atomic E-state index is 0.175. The number of thiophene rings is 1. The lowest BCUT2D eigenvalue weighted by molar-refractivity contribution is 0.0789. The molecule has 1 unspecified atom stereocenters. The summed E-state index contributed by atoms with van der Waals surface area (Å²) < 4.78 is 1.18. The summed E-state index contributed by atoms with van der Waals surface area (Å²) in [5, 5.41) is 3.07. The van der Waals surface area contributed by atoms with Gasteiger partial charge in [-0.15, -0.1) is 22.9 Å². The first-order chi connectivity index (χ1) is 9.29. The molecule has 19 heavy (non-hydrogen) atoms. The van der Waals surface area contributed by atoms with E-state index in [4.69, 9.17) is 11.6 Å². The van der Waals surface area contributed by atoms with Crippen molar-refractivity contribution in [1.82, 2.24) is 4.90 Å². The lowest BCUT2D eigenvalue weighted by Crippen LogP contribution is -2.28. The molecule has 2 aromatic rings. The Bertz CT molecular complexity index is 595. The smallest absolute Gasteiger partial charge is 0.255 e. The average molecular weight is 294 g/mol. The van der Waals surface area contributed by atoms with Crippen molar-refractivity contribution in [1.29, 1.82) is 0 Å². The number of alkyl halides is 1. The maximum atomic E-state index is 12.6. The molecule has 1 atom stereocenters. The normalized spacial score (nSPS) is 19.2. The molecule has 4 heteroatoms. The zero-order chi connectivity index (χ0) is 13.2. The molecule has 3 rings (SSSR count). The molecule has 0 aliphatic carbocycles. The number of carbonyl (C=O) groups excluding carboxylic acids is 1. The van der Waals surface area contributed by atoms with Gasteiger partial charge < -0.3 is 4.90 Å². The highest BCUT2D eigenvalue weighted by molar-refractivity contribution is 7.17. The van der Waals surface area contributed by atoms with Crippen molar-refractivity contribution in [3.8, 4) is 0 Å². The second-order valence-corrected chi connectivity index (χ2v) is 6.32. The lowest BCUT2D eigenvalue weighted by atomic mass is 10.1. The van der Waals surface area contributed by atoms with Crippen molar-refractivity contribution in [2.75, 3.05) is 19.0 Å². The zero-order valence-electron chi connectivity index (χ0n) is 10.6. The number of fused-ring (bicyclic) bond motifs is 1. The highest BCUT2D eigenvalue weighted by atomic mass is 35.5. The molecule has 0 saturated carbocycles. The van der Waals surface area contributed by atoms with Gasteiger partial charge >= 0.3 is 0 Å². The van der Waals surface area contributed by atoms with Crippen LogP contribution in [0.25, 0.3) is 10.1 Å². The van der Waals surface area contributed by atoms with E-state index >= 15 is 0 Å². The summed E-state index contributed by atoms with van der Waals surface area (Å²) in [6.07, 6.45) is 2.09. The summed E-state index contributed by atoms with van der Waals surface area (Å²) in [6, 6.07) is 8.11. The number of halogens is 1. The van der Waals surface area contributed by atoms with Gasteiger partial charge in [0, 0.05) is 34.4 Å². The number of carbonyl (C=O) groups is 1. The van der Waals surface area contributed by atoms with Crippen LogP contribution in [0.1, 0.15) is 23.2 Å². The Morgan fingerprint density at radius 2 is 2.26 bits per heavy atom. The van der Waals surface area contributed by atoms with Gasteiger partial charge in [-0.2, -0.15) is 0 Å². The Kier molecular flexibility index (Phi) is 3.76. The molecule has 2 nitrogen and oxygen atoms in total. The molecule has 1 saturated heterocycles. The van der Waals surface area contributed by atoms with Crippen molar-refractivity contribution in [3.63, 3.8) is 0 Å². The van der Waals surface area contributed by atoms with Gasteiger partial charge in [0.15, 0.2) is 0 Å². The minimum absolute atomic E-state index is 0.175. The van der Waals surface area contributed by atoms with Crippen molar-refractivity contribution in [2.45, 2.75) is 12.8 Å². The average Bonchev–Trinajstić information content (AvgIpc) is 3.05. The van der Waals surface area contributed by atoms with E-state index in [0.717, 1.165) is 36.9 Å². The lowest BCUT2D eigenvalue weighted by Gasteiger charge is -2.16. The topological polar surface area (TPSA) is 20.3 Å². The summed E-state index contributed by atoms with van der Waals surface area (Å²) >= 11 is 7.43. The van der Waals surface area contributed by atoms with E-state index in [1.807, 2.05) is 28.5 Å². The van der Waals surface area contributed by atoms with Crippen LogP contribution in [-0.4, -0.2) is 29.8 Å². The molecular formula is C15H16ClNOS. The molecule has 1 amide bonds. The van der Waals surface area contributed by atoms with Crippen LogP contribution < -0.4 is 0 Å². The van der Waals surface area contributed by atoms with Crippen molar-refractivity contribution >= 4 is 38.9 Å². The van der Waals surface area contributed by atoms with Gasteiger partial charge in [0.25, 0.3) is 5.91 Å². The third-order valence-electron chi connectivity index (χ3n) is 3.80. The molecular weight excluding hydrogens is 278 g/mol. The summed E-state index contributed by atoms with van der Waals surface area (Å²) in [4.78, 5) is 14.5. The third-order valence-corrected chi connectivity index (χ3v) is 4.98. The van der Waals surface area contributed by atoms with E-state index in [1.165, 1.54) is 4.70 Å². The van der Waals surface area contributed by atoms with Crippen molar-refractivity contribution < 1.29 is 4.79 Å². The fourth-order valence-electron chi connectivity index (χ4n) is 2.72. The predicted molar refractivity (Wildman–Crippen MR) is 81.2 cm³/mol. The zero-order valence-corrected chi connectivity index (χ0v) is 12.2. The molecule has 1 fully saturated rings. The number of amides is 1. The van der Waals surface area contributed by atoms with Crippen LogP contribution in [0.3, 0.4) is 0 Å². The maximum Gasteiger partial charge on any atom is 0.255 e. The molecule has 0 N–H and O–H groups in total. The molecule has 1 aromatic carbocycles. The second kappa shape index (κ2) is 5.51. The van der Waals surface area contributed by atoms with Crippen LogP contribution in [0, 0.1) is 5.92 Å². The fraction of sp³-hybridized carbons (Fsp3) is 0.400. The first-order valence-corrected chi connectivity index (χ1v) is 8.02. The summed E-state index contributed by atoms with van der Waals surface area (Å²) in [5.74, 6) is 1.44. The Morgan fingerprint density at radius 3 is 3.11 bits per heavy atom. The van der Waals surface area contributed by atoms with Gasteiger partial charge in [0.2, 0.25) is 0 Å². The summed E-state index contributed by atoms with van der Waals surface area (Å²) in [7, 11) is 0. The van der Waals surface area contributed by atoms with Crippen LogP contribution in [0.4, 0.5) is 0 Å². The molecule has 100 valence electrons. The quantitative estimate of drug-likeness (QED) is 0.784. The molecule has 0 spiro atoms. The van der Waals surface area contributed by atoms with Crippen LogP contribution in [0.2, 0.25) is 0 Å².